The summed E-state index contributed by atoms with van der Waals surface area (Å²) in [6, 6.07) is 19.2. The number of esters is 1. The fourth-order valence-electron chi connectivity index (χ4n) is 9.14. The highest BCUT2D eigenvalue weighted by atomic mass is 32.2. The molecular formula is C51H53FN4O9S2. The van der Waals surface area contributed by atoms with Gasteiger partial charge in [-0.15, -0.1) is 0 Å². The zero-order valence-electron chi connectivity index (χ0n) is 38.0. The van der Waals surface area contributed by atoms with Crippen LogP contribution >= 0.6 is 23.5 Å². The number of ether oxygens (including phenoxy) is 2. The van der Waals surface area contributed by atoms with Gasteiger partial charge in [0.2, 0.25) is 5.91 Å². The summed E-state index contributed by atoms with van der Waals surface area (Å²) in [5, 5.41) is 17.4. The number of aliphatic hydroxyl groups is 1. The second-order valence-electron chi connectivity index (χ2n) is 17.5. The van der Waals surface area contributed by atoms with Crippen molar-refractivity contribution in [1.82, 2.24) is 20.2 Å². The van der Waals surface area contributed by atoms with E-state index in [1.54, 1.807) is 74.8 Å². The van der Waals surface area contributed by atoms with Crippen LogP contribution in [0.4, 0.5) is 9.18 Å². The minimum absolute atomic E-state index is 0.0196. The molecule has 0 spiro atoms. The van der Waals surface area contributed by atoms with Crippen LogP contribution < -0.4 is 16.2 Å². The van der Waals surface area contributed by atoms with E-state index in [0.29, 0.717) is 34.0 Å². The van der Waals surface area contributed by atoms with Crippen LogP contribution in [-0.4, -0.2) is 80.1 Å². The zero-order valence-corrected chi connectivity index (χ0v) is 39.7. The van der Waals surface area contributed by atoms with Crippen molar-refractivity contribution in [3.05, 3.63) is 122 Å². The lowest BCUT2D eigenvalue weighted by molar-refractivity contribution is -0.172. The fourth-order valence-corrected chi connectivity index (χ4v) is 11.3. The van der Waals surface area contributed by atoms with Crippen molar-refractivity contribution in [3.63, 3.8) is 0 Å². The summed E-state index contributed by atoms with van der Waals surface area (Å²) >= 11 is 3.27. The highest BCUT2D eigenvalue weighted by Crippen LogP contribution is 2.45. The average molecular weight is 949 g/mol. The molecule has 0 bridgehead atoms. The molecule has 5 aromatic rings. The summed E-state index contributed by atoms with van der Waals surface area (Å²) in [4.78, 5) is 83.1. The summed E-state index contributed by atoms with van der Waals surface area (Å²) in [6.07, 6.45) is -0.596. The SMILES string of the molecule is CC[C@@]1(O)C(=O)OCc2c1cc1n(c2=O)Cc2c-1nc1cc(F)c(C)cc1c2CSCCSCCC(=O)[C@H](C)NC(=O)[C@H](C)CC(=O)[C@H](C)NC(=O)OCC1c2ccccc2-c2ccccc21. The van der Waals surface area contributed by atoms with Crippen LogP contribution in [0.3, 0.4) is 0 Å². The van der Waals surface area contributed by atoms with E-state index in [1.807, 2.05) is 48.5 Å². The Morgan fingerprint density at radius 3 is 2.30 bits per heavy atom. The third kappa shape index (κ3) is 9.40. The molecule has 8 rings (SSSR count). The van der Waals surface area contributed by atoms with Crippen molar-refractivity contribution >= 4 is 64.0 Å². The van der Waals surface area contributed by atoms with Gasteiger partial charge in [0.1, 0.15) is 19.0 Å². The molecule has 2 amide bonds. The van der Waals surface area contributed by atoms with E-state index in [9.17, 15) is 38.3 Å². The summed E-state index contributed by atoms with van der Waals surface area (Å²) in [6.45, 7) is 8.23. The number of aromatic nitrogens is 2. The van der Waals surface area contributed by atoms with E-state index in [4.69, 9.17) is 14.5 Å². The molecular weight excluding hydrogens is 896 g/mol. The van der Waals surface area contributed by atoms with Crippen LogP contribution in [0.2, 0.25) is 0 Å². The number of benzene rings is 3. The number of pyridine rings is 2. The topological polar surface area (TPSA) is 183 Å². The van der Waals surface area contributed by atoms with Gasteiger partial charge in [0.25, 0.3) is 5.56 Å². The first-order valence-electron chi connectivity index (χ1n) is 22.5. The molecule has 67 heavy (non-hydrogen) atoms. The van der Waals surface area contributed by atoms with Gasteiger partial charge in [-0.05, 0) is 72.7 Å². The van der Waals surface area contributed by atoms with Gasteiger partial charge < -0.3 is 29.8 Å². The lowest BCUT2D eigenvalue weighted by Crippen LogP contribution is -2.44. The molecule has 2 aliphatic heterocycles. The van der Waals surface area contributed by atoms with Crippen LogP contribution in [0.1, 0.15) is 91.8 Å². The minimum atomic E-state index is -1.96. The molecule has 2 aromatic heterocycles. The zero-order chi connectivity index (χ0) is 47.7. The molecule has 4 atom stereocenters. The molecule has 3 N–H and O–H groups in total. The molecule has 3 aliphatic rings. The molecule has 350 valence electrons. The maximum absolute atomic E-state index is 14.9. The van der Waals surface area contributed by atoms with E-state index in [1.165, 1.54) is 6.07 Å². The number of amides is 2. The predicted molar refractivity (Wildman–Crippen MR) is 256 cm³/mol. The first-order valence-corrected chi connectivity index (χ1v) is 24.8. The number of hydrogen-bond acceptors (Lipinski definition) is 12. The molecule has 0 fully saturated rings. The monoisotopic (exact) mass is 948 g/mol. The van der Waals surface area contributed by atoms with E-state index < -0.39 is 47.4 Å². The Morgan fingerprint density at radius 1 is 0.925 bits per heavy atom. The molecule has 1 aliphatic carbocycles. The van der Waals surface area contributed by atoms with Gasteiger partial charge in [-0.25, -0.2) is 19.0 Å². The molecule has 13 nitrogen and oxygen atoms in total. The Morgan fingerprint density at radius 2 is 1.60 bits per heavy atom. The number of aryl methyl sites for hydroxylation is 1. The number of carbonyl (C=O) groups excluding carboxylic acids is 5. The Kier molecular flexibility index (Phi) is 14.1. The maximum Gasteiger partial charge on any atom is 0.407 e. The Bertz CT molecular complexity index is 2840. The van der Waals surface area contributed by atoms with Crippen molar-refractivity contribution in [2.45, 2.75) is 96.4 Å². The number of hydrogen-bond donors (Lipinski definition) is 3. The number of fused-ring (bicyclic) bond motifs is 8. The number of cyclic esters (lactones) is 1. The minimum Gasteiger partial charge on any atom is -0.458 e. The lowest BCUT2D eigenvalue weighted by atomic mass is 9.86. The number of Topliss-reactive ketones (excluding diaryl/α,β-unsaturated/α-hetero) is 2. The van der Waals surface area contributed by atoms with Crippen LogP contribution in [0.25, 0.3) is 33.4 Å². The van der Waals surface area contributed by atoms with Gasteiger partial charge >= 0.3 is 12.1 Å². The van der Waals surface area contributed by atoms with Gasteiger partial charge in [-0.1, -0.05) is 62.4 Å². The predicted octanol–water partition coefficient (Wildman–Crippen LogP) is 7.48. The van der Waals surface area contributed by atoms with Gasteiger partial charge in [0, 0.05) is 70.3 Å². The fraction of sp³-hybridized carbons (Fsp3) is 0.392. The smallest absolute Gasteiger partial charge is 0.407 e. The average Bonchev–Trinajstić information content (AvgIpc) is 3.84. The van der Waals surface area contributed by atoms with Gasteiger partial charge in [-0.3, -0.25) is 19.2 Å². The first kappa shape index (κ1) is 47.6. The number of ketones is 2. The number of halogens is 1. The van der Waals surface area contributed by atoms with Crippen LogP contribution in [0.5, 0.6) is 0 Å². The lowest BCUT2D eigenvalue weighted by Gasteiger charge is -2.31. The molecule has 0 radical (unpaired) electrons. The van der Waals surface area contributed by atoms with Crippen molar-refractivity contribution < 1.29 is 42.9 Å². The van der Waals surface area contributed by atoms with Crippen LogP contribution in [0, 0.1) is 18.7 Å². The molecule has 3 aromatic carbocycles. The number of nitrogens with one attached hydrogen (secondary N) is 2. The molecule has 0 unspecified atom stereocenters. The van der Waals surface area contributed by atoms with Gasteiger partial charge in [0.05, 0.1) is 41.1 Å². The highest BCUT2D eigenvalue weighted by molar-refractivity contribution is 8.02. The van der Waals surface area contributed by atoms with Gasteiger partial charge in [0.15, 0.2) is 17.2 Å². The number of rotatable bonds is 18. The Balaban J connectivity index is 0.783. The van der Waals surface area contributed by atoms with E-state index in [-0.39, 0.29) is 73.2 Å². The van der Waals surface area contributed by atoms with Crippen LogP contribution in [-0.2, 0) is 53.2 Å². The summed E-state index contributed by atoms with van der Waals surface area (Å²) < 4.78 is 27.3. The number of nitrogens with zero attached hydrogens (tertiary/aromatic N) is 2. The Hall–Kier alpha value is -5.84. The molecule has 0 saturated heterocycles. The van der Waals surface area contributed by atoms with Crippen LogP contribution in [0.15, 0.2) is 71.5 Å². The summed E-state index contributed by atoms with van der Waals surface area (Å²) in [7, 11) is 0. The van der Waals surface area contributed by atoms with Crippen molar-refractivity contribution in [2.75, 3.05) is 23.9 Å². The van der Waals surface area contributed by atoms with Gasteiger partial charge in [-0.2, -0.15) is 23.5 Å². The standard InChI is InChI=1S/C51H53FN4O9S2/c1-6-51(63)40-21-43-46-36(23-56(43)48(60)38(40)25-64-49(51)61)39(35-19-27(2)41(52)22-42(35)55-46)26-67-18-17-66-16-15-44(57)29(4)53-47(59)28(3)20-45(58)30(5)54-50(62)65-24-37-33-13-9-7-11-31(33)32-12-8-10-14-34(32)37/h7-14,19,21-22,28-30,37,63H,6,15-18,20,23-26H2,1-5H3,(H,53,59)(H,54,62)/t28-,29+,30+,51+/m1/s1. The second-order valence-corrected chi connectivity index (χ2v) is 19.8. The first-order chi connectivity index (χ1) is 32.1. The van der Waals surface area contributed by atoms with Crippen molar-refractivity contribution in [3.8, 4) is 22.5 Å². The largest absolute Gasteiger partial charge is 0.458 e. The molecule has 16 heteroatoms. The summed E-state index contributed by atoms with van der Waals surface area (Å²) in [5.74, 6) is -0.423. The van der Waals surface area contributed by atoms with Crippen molar-refractivity contribution in [1.29, 1.82) is 0 Å². The summed E-state index contributed by atoms with van der Waals surface area (Å²) in [5.41, 5.74) is 6.10. The number of thioether (sulfide) groups is 2. The maximum atomic E-state index is 14.9. The quantitative estimate of drug-likeness (QED) is 0.0572. The third-order valence-electron chi connectivity index (χ3n) is 13.2. The third-order valence-corrected chi connectivity index (χ3v) is 15.4. The number of carbonyl (C=O) groups is 5. The van der Waals surface area contributed by atoms with E-state index in [2.05, 4.69) is 10.6 Å². The highest BCUT2D eigenvalue weighted by Gasteiger charge is 2.45. The van der Waals surface area contributed by atoms with Crippen molar-refractivity contribution in [2.24, 2.45) is 5.92 Å². The second kappa shape index (κ2) is 19.8. The van der Waals surface area contributed by atoms with E-state index in [0.717, 1.165) is 50.3 Å². The number of alkyl carbamates (subject to hydrolysis) is 1. The molecule has 0 saturated carbocycles. The normalized spacial score (nSPS) is 17.0. The Labute approximate surface area is 396 Å². The van der Waals surface area contributed by atoms with E-state index >= 15 is 0 Å². The molecule has 4 heterocycles.